The molecule has 0 spiro atoms. The number of carboxylic acid groups (broad SMARTS) is 1. The van der Waals surface area contributed by atoms with Crippen molar-refractivity contribution in [3.63, 3.8) is 0 Å². The van der Waals surface area contributed by atoms with Crippen LogP contribution < -0.4 is 10.6 Å². The monoisotopic (exact) mass is 209 g/mol. The molecule has 0 saturated carbocycles. The molecule has 5 nitrogen and oxygen atoms in total. The average Bonchev–Trinajstić information content (AvgIpc) is 2.25. The van der Waals surface area contributed by atoms with Crippen molar-refractivity contribution in [2.75, 3.05) is 13.6 Å². The minimum absolute atomic E-state index is 0.377. The highest BCUT2D eigenvalue weighted by molar-refractivity contribution is 5.73. The average molecular weight is 209 g/mol. The van der Waals surface area contributed by atoms with Gasteiger partial charge in [0.2, 0.25) is 0 Å². The van der Waals surface area contributed by atoms with E-state index in [0.29, 0.717) is 13.1 Å². The van der Waals surface area contributed by atoms with Crippen molar-refractivity contribution >= 4 is 5.97 Å². The summed E-state index contributed by atoms with van der Waals surface area (Å²) >= 11 is 0. The first-order valence-electron chi connectivity index (χ1n) is 4.74. The van der Waals surface area contributed by atoms with Crippen molar-refractivity contribution in [2.24, 2.45) is 0 Å². The van der Waals surface area contributed by atoms with Crippen LogP contribution in [0.5, 0.6) is 0 Å². The van der Waals surface area contributed by atoms with E-state index >= 15 is 0 Å². The molecule has 0 fully saturated rings. The van der Waals surface area contributed by atoms with E-state index in [1.54, 1.807) is 13.2 Å². The lowest BCUT2D eigenvalue weighted by molar-refractivity contribution is -0.139. The van der Waals surface area contributed by atoms with Gasteiger partial charge < -0.3 is 15.7 Å². The van der Waals surface area contributed by atoms with E-state index in [-0.39, 0.29) is 0 Å². The van der Waals surface area contributed by atoms with E-state index < -0.39 is 12.0 Å². The Kier molecular flexibility index (Phi) is 4.73. The van der Waals surface area contributed by atoms with Crippen LogP contribution in [0.2, 0.25) is 0 Å². The second kappa shape index (κ2) is 6.10. The van der Waals surface area contributed by atoms with Crippen LogP contribution in [0.1, 0.15) is 5.69 Å². The fourth-order valence-electron chi connectivity index (χ4n) is 1.16. The summed E-state index contributed by atoms with van der Waals surface area (Å²) in [6.07, 6.45) is 1.71. The molecule has 82 valence electrons. The summed E-state index contributed by atoms with van der Waals surface area (Å²) in [5, 5.41) is 14.5. The number of aliphatic carboxylic acids is 1. The maximum absolute atomic E-state index is 10.7. The van der Waals surface area contributed by atoms with Gasteiger partial charge in [0.05, 0.1) is 5.69 Å². The molecule has 0 aromatic carbocycles. The molecular weight excluding hydrogens is 194 g/mol. The summed E-state index contributed by atoms with van der Waals surface area (Å²) in [6.45, 7) is 0.953. The zero-order valence-corrected chi connectivity index (χ0v) is 8.60. The summed E-state index contributed by atoms with van der Waals surface area (Å²) in [7, 11) is 1.63. The third-order valence-electron chi connectivity index (χ3n) is 2.03. The highest BCUT2D eigenvalue weighted by Crippen LogP contribution is 1.92. The summed E-state index contributed by atoms with van der Waals surface area (Å²) in [6, 6.07) is 5.07. The Hall–Kier alpha value is -1.46. The van der Waals surface area contributed by atoms with Crippen LogP contribution in [-0.2, 0) is 11.3 Å². The van der Waals surface area contributed by atoms with Gasteiger partial charge in [-0.1, -0.05) is 6.07 Å². The van der Waals surface area contributed by atoms with Gasteiger partial charge in [-0.05, 0) is 19.2 Å². The Bertz CT molecular complexity index is 303. The molecule has 5 heteroatoms. The Balaban J connectivity index is 2.30. The molecule has 1 aromatic rings. The van der Waals surface area contributed by atoms with Crippen LogP contribution in [0.4, 0.5) is 0 Å². The van der Waals surface area contributed by atoms with Crippen molar-refractivity contribution in [3.05, 3.63) is 30.1 Å². The SMILES string of the molecule is CNC(CNCc1ccccn1)C(=O)O. The molecule has 0 saturated heterocycles. The van der Waals surface area contributed by atoms with Gasteiger partial charge in [0.25, 0.3) is 0 Å². The van der Waals surface area contributed by atoms with Crippen molar-refractivity contribution in [1.82, 2.24) is 15.6 Å². The molecular formula is C10H15N3O2. The second-order valence-electron chi connectivity index (χ2n) is 3.13. The van der Waals surface area contributed by atoms with E-state index in [9.17, 15) is 4.79 Å². The number of nitrogens with zero attached hydrogens (tertiary/aromatic N) is 1. The number of rotatable bonds is 6. The van der Waals surface area contributed by atoms with Gasteiger partial charge in [0.1, 0.15) is 6.04 Å². The first-order chi connectivity index (χ1) is 7.24. The molecule has 0 aliphatic heterocycles. The number of nitrogens with one attached hydrogen (secondary N) is 2. The Labute approximate surface area is 88.5 Å². The van der Waals surface area contributed by atoms with Gasteiger partial charge in [-0.2, -0.15) is 0 Å². The molecule has 0 bridgehead atoms. The van der Waals surface area contributed by atoms with Gasteiger partial charge in [-0.15, -0.1) is 0 Å². The lowest BCUT2D eigenvalue weighted by atomic mass is 10.3. The lowest BCUT2D eigenvalue weighted by Gasteiger charge is -2.11. The maximum Gasteiger partial charge on any atom is 0.322 e. The summed E-state index contributed by atoms with van der Waals surface area (Å²) in [5.74, 6) is -0.856. The first-order valence-corrected chi connectivity index (χ1v) is 4.74. The topological polar surface area (TPSA) is 74.2 Å². The number of aromatic nitrogens is 1. The van der Waals surface area contributed by atoms with E-state index in [0.717, 1.165) is 5.69 Å². The summed E-state index contributed by atoms with van der Waals surface area (Å²) in [5.41, 5.74) is 0.901. The van der Waals surface area contributed by atoms with Gasteiger partial charge in [0.15, 0.2) is 0 Å². The molecule has 0 aliphatic carbocycles. The third kappa shape index (κ3) is 4.05. The quantitative estimate of drug-likeness (QED) is 0.607. The predicted octanol–water partition coefficient (Wildman–Crippen LogP) is -0.156. The lowest BCUT2D eigenvalue weighted by Crippen LogP contribution is -2.42. The second-order valence-corrected chi connectivity index (χ2v) is 3.13. The van der Waals surface area contributed by atoms with Crippen molar-refractivity contribution in [1.29, 1.82) is 0 Å². The Morgan fingerprint density at radius 3 is 2.93 bits per heavy atom. The van der Waals surface area contributed by atoms with Crippen LogP contribution in [0.25, 0.3) is 0 Å². The van der Waals surface area contributed by atoms with Gasteiger partial charge in [0, 0.05) is 19.3 Å². The molecule has 3 N–H and O–H groups in total. The smallest absolute Gasteiger partial charge is 0.322 e. The summed E-state index contributed by atoms with van der Waals surface area (Å²) < 4.78 is 0. The van der Waals surface area contributed by atoms with Crippen molar-refractivity contribution in [3.8, 4) is 0 Å². The predicted molar refractivity (Wildman–Crippen MR) is 56.4 cm³/mol. The molecule has 15 heavy (non-hydrogen) atoms. The van der Waals surface area contributed by atoms with Crippen LogP contribution >= 0.6 is 0 Å². The highest BCUT2D eigenvalue weighted by atomic mass is 16.4. The van der Waals surface area contributed by atoms with Crippen LogP contribution in [0, 0.1) is 0 Å². The van der Waals surface area contributed by atoms with Crippen LogP contribution in [-0.4, -0.2) is 35.7 Å². The molecule has 0 radical (unpaired) electrons. The van der Waals surface area contributed by atoms with E-state index in [1.165, 1.54) is 0 Å². The molecule has 1 rings (SSSR count). The normalized spacial score (nSPS) is 12.3. The van der Waals surface area contributed by atoms with Gasteiger partial charge in [-0.25, -0.2) is 0 Å². The number of likely N-dealkylation sites (N-methyl/N-ethyl adjacent to an activating group) is 1. The zero-order valence-electron chi connectivity index (χ0n) is 8.60. The summed E-state index contributed by atoms with van der Waals surface area (Å²) in [4.78, 5) is 14.8. The van der Waals surface area contributed by atoms with E-state index in [4.69, 9.17) is 5.11 Å². The maximum atomic E-state index is 10.7. The Morgan fingerprint density at radius 1 is 1.60 bits per heavy atom. The Morgan fingerprint density at radius 2 is 2.40 bits per heavy atom. The van der Waals surface area contributed by atoms with E-state index in [1.807, 2.05) is 18.2 Å². The fourth-order valence-corrected chi connectivity index (χ4v) is 1.16. The first kappa shape index (κ1) is 11.6. The van der Waals surface area contributed by atoms with Gasteiger partial charge >= 0.3 is 5.97 Å². The molecule has 0 aliphatic rings. The van der Waals surface area contributed by atoms with E-state index in [2.05, 4.69) is 15.6 Å². The van der Waals surface area contributed by atoms with Crippen molar-refractivity contribution in [2.45, 2.75) is 12.6 Å². The molecule has 1 aromatic heterocycles. The zero-order chi connectivity index (χ0) is 11.1. The highest BCUT2D eigenvalue weighted by Gasteiger charge is 2.13. The third-order valence-corrected chi connectivity index (χ3v) is 2.03. The number of carbonyl (C=O) groups is 1. The number of carboxylic acids is 1. The molecule has 1 atom stereocenters. The molecule has 1 unspecified atom stereocenters. The van der Waals surface area contributed by atoms with Crippen LogP contribution in [0.3, 0.4) is 0 Å². The largest absolute Gasteiger partial charge is 0.480 e. The standard InChI is InChI=1S/C10H15N3O2/c1-11-9(10(14)15)7-12-6-8-4-2-3-5-13-8/h2-5,9,11-12H,6-7H2,1H3,(H,14,15). The molecule has 1 heterocycles. The van der Waals surface area contributed by atoms with Crippen LogP contribution in [0.15, 0.2) is 24.4 Å². The number of hydrogen-bond acceptors (Lipinski definition) is 4. The minimum Gasteiger partial charge on any atom is -0.480 e. The number of hydrogen-bond donors (Lipinski definition) is 3. The number of pyridine rings is 1. The van der Waals surface area contributed by atoms with Gasteiger partial charge in [-0.3, -0.25) is 9.78 Å². The van der Waals surface area contributed by atoms with Crippen molar-refractivity contribution < 1.29 is 9.90 Å². The molecule has 0 amide bonds. The fraction of sp³-hybridized carbons (Fsp3) is 0.400. The minimum atomic E-state index is -0.856.